The molecule has 1 aliphatic heterocycles. The van der Waals surface area contributed by atoms with Crippen LogP contribution in [-0.4, -0.2) is 63.8 Å². The Labute approximate surface area is 201 Å². The highest BCUT2D eigenvalue weighted by atomic mass is 19.4. The molecule has 8 nitrogen and oxygen atoms in total. The normalized spacial score (nSPS) is 18.1. The number of benzene rings is 1. The van der Waals surface area contributed by atoms with Crippen molar-refractivity contribution in [3.63, 3.8) is 0 Å². The lowest BCUT2D eigenvalue weighted by atomic mass is 9.95. The summed E-state index contributed by atoms with van der Waals surface area (Å²) in [5, 5.41) is 6.49. The molecule has 2 aromatic heterocycles. The van der Waals surface area contributed by atoms with Gasteiger partial charge < -0.3 is 19.9 Å². The van der Waals surface area contributed by atoms with Crippen molar-refractivity contribution in [1.29, 1.82) is 0 Å². The molecule has 2 aliphatic rings. The maximum Gasteiger partial charge on any atom is 0.416 e. The van der Waals surface area contributed by atoms with Crippen LogP contribution in [0.15, 0.2) is 30.6 Å². The molecule has 35 heavy (non-hydrogen) atoms. The Morgan fingerprint density at radius 3 is 2.46 bits per heavy atom. The molecule has 0 amide bonds. The second-order valence-electron chi connectivity index (χ2n) is 9.09. The van der Waals surface area contributed by atoms with Gasteiger partial charge in [-0.1, -0.05) is 19.3 Å². The average molecular weight is 490 g/mol. The maximum atomic E-state index is 12.9. The van der Waals surface area contributed by atoms with Crippen LogP contribution in [0.25, 0.3) is 11.2 Å². The van der Waals surface area contributed by atoms with Crippen molar-refractivity contribution in [1.82, 2.24) is 24.4 Å². The summed E-state index contributed by atoms with van der Waals surface area (Å²) < 4.78 is 46.4. The van der Waals surface area contributed by atoms with Gasteiger partial charge in [0.05, 0.1) is 25.1 Å². The molecule has 0 unspecified atom stereocenters. The van der Waals surface area contributed by atoms with E-state index in [2.05, 4.69) is 30.1 Å². The largest absolute Gasteiger partial charge is 0.416 e. The van der Waals surface area contributed by atoms with E-state index >= 15 is 0 Å². The second-order valence-corrected chi connectivity index (χ2v) is 9.09. The van der Waals surface area contributed by atoms with E-state index in [1.54, 1.807) is 0 Å². The van der Waals surface area contributed by atoms with Gasteiger partial charge >= 0.3 is 6.18 Å². The molecule has 3 aromatic rings. The standard InChI is InChI=1S/C24H30F3N7O/c25-24(26,27)17-6-8-18(9-7-17)30-23-31-21(28-10-11-33-12-14-35-15-13-33)20-22(32-23)34(16-29-20)19-4-2-1-3-5-19/h6-9,16,19H,1-5,10-15H2,(H2,28,30,31,32). The molecule has 1 aliphatic carbocycles. The van der Waals surface area contributed by atoms with Crippen LogP contribution in [0.1, 0.15) is 43.7 Å². The average Bonchev–Trinajstić information content (AvgIpc) is 3.29. The van der Waals surface area contributed by atoms with Crippen molar-refractivity contribution >= 4 is 28.6 Å². The number of aromatic nitrogens is 4. The minimum Gasteiger partial charge on any atom is -0.379 e. The Balaban J connectivity index is 1.40. The lowest BCUT2D eigenvalue weighted by Gasteiger charge is -2.26. The van der Waals surface area contributed by atoms with E-state index in [9.17, 15) is 13.2 Å². The topological polar surface area (TPSA) is 80.1 Å². The van der Waals surface area contributed by atoms with E-state index in [0.29, 0.717) is 35.6 Å². The number of halogens is 3. The molecule has 0 spiro atoms. The van der Waals surface area contributed by atoms with E-state index in [-0.39, 0.29) is 0 Å². The van der Waals surface area contributed by atoms with Crippen LogP contribution in [0.4, 0.5) is 30.6 Å². The Morgan fingerprint density at radius 1 is 1.00 bits per heavy atom. The SMILES string of the molecule is FC(F)(F)c1ccc(Nc2nc(NCCN3CCOCC3)c3ncn(C4CCCCC4)c3n2)cc1. The Hall–Kier alpha value is -2.92. The van der Waals surface area contributed by atoms with Crippen LogP contribution >= 0.6 is 0 Å². The van der Waals surface area contributed by atoms with Crippen molar-refractivity contribution in [3.05, 3.63) is 36.2 Å². The summed E-state index contributed by atoms with van der Waals surface area (Å²) in [5.74, 6) is 0.941. The van der Waals surface area contributed by atoms with Gasteiger partial charge in [-0.15, -0.1) is 0 Å². The van der Waals surface area contributed by atoms with Gasteiger partial charge in [0, 0.05) is 37.9 Å². The third kappa shape index (κ3) is 5.67. The summed E-state index contributed by atoms with van der Waals surface area (Å²) in [6.45, 7) is 4.81. The fraction of sp³-hybridized carbons (Fsp3) is 0.542. The van der Waals surface area contributed by atoms with E-state index in [4.69, 9.17) is 9.72 Å². The predicted octanol–water partition coefficient (Wildman–Crippen LogP) is 4.84. The first kappa shape index (κ1) is 23.8. The van der Waals surface area contributed by atoms with Gasteiger partial charge in [0.25, 0.3) is 0 Å². The molecular weight excluding hydrogens is 459 g/mol. The second kappa shape index (κ2) is 10.4. The van der Waals surface area contributed by atoms with Crippen LogP contribution < -0.4 is 10.6 Å². The van der Waals surface area contributed by atoms with Crippen LogP contribution in [0.2, 0.25) is 0 Å². The highest BCUT2D eigenvalue weighted by Crippen LogP contribution is 2.33. The number of nitrogens with one attached hydrogen (secondary N) is 2. The molecule has 2 fully saturated rings. The number of alkyl halides is 3. The first-order valence-corrected chi connectivity index (χ1v) is 12.2. The molecule has 5 rings (SSSR count). The molecule has 1 saturated heterocycles. The number of rotatable bonds is 7. The molecule has 11 heteroatoms. The molecule has 1 aromatic carbocycles. The van der Waals surface area contributed by atoms with Crippen LogP contribution in [0, 0.1) is 0 Å². The molecule has 0 radical (unpaired) electrons. The zero-order valence-electron chi connectivity index (χ0n) is 19.5. The first-order chi connectivity index (χ1) is 17.0. The number of imidazole rings is 1. The van der Waals surface area contributed by atoms with Gasteiger partial charge in [-0.3, -0.25) is 4.90 Å². The zero-order chi connectivity index (χ0) is 24.3. The fourth-order valence-corrected chi connectivity index (χ4v) is 4.75. The smallest absolute Gasteiger partial charge is 0.379 e. The van der Waals surface area contributed by atoms with Crippen molar-refractivity contribution in [2.75, 3.05) is 50.0 Å². The van der Waals surface area contributed by atoms with Crippen LogP contribution in [-0.2, 0) is 10.9 Å². The summed E-state index contributed by atoms with van der Waals surface area (Å²) in [7, 11) is 0. The Kier molecular flexibility index (Phi) is 7.05. The number of hydrogen-bond donors (Lipinski definition) is 2. The fourth-order valence-electron chi connectivity index (χ4n) is 4.75. The molecule has 3 heterocycles. The monoisotopic (exact) mass is 489 g/mol. The Morgan fingerprint density at radius 2 is 1.74 bits per heavy atom. The van der Waals surface area contributed by atoms with Gasteiger partial charge in [-0.05, 0) is 37.1 Å². The minimum absolute atomic E-state index is 0.323. The van der Waals surface area contributed by atoms with Crippen molar-refractivity contribution in [2.45, 2.75) is 44.3 Å². The summed E-state index contributed by atoms with van der Waals surface area (Å²) in [4.78, 5) is 16.3. The van der Waals surface area contributed by atoms with Crippen LogP contribution in [0.3, 0.4) is 0 Å². The highest BCUT2D eigenvalue weighted by molar-refractivity contribution is 5.84. The lowest BCUT2D eigenvalue weighted by Crippen LogP contribution is -2.39. The molecule has 2 N–H and O–H groups in total. The molecule has 1 saturated carbocycles. The summed E-state index contributed by atoms with van der Waals surface area (Å²) in [6.07, 6.45) is 3.22. The lowest BCUT2D eigenvalue weighted by molar-refractivity contribution is -0.137. The third-order valence-electron chi connectivity index (χ3n) is 6.68. The summed E-state index contributed by atoms with van der Waals surface area (Å²) >= 11 is 0. The molecule has 0 bridgehead atoms. The number of fused-ring (bicyclic) bond motifs is 1. The summed E-state index contributed by atoms with van der Waals surface area (Å²) in [6, 6.07) is 5.22. The number of ether oxygens (including phenoxy) is 1. The highest BCUT2D eigenvalue weighted by Gasteiger charge is 2.30. The summed E-state index contributed by atoms with van der Waals surface area (Å²) in [5.41, 5.74) is 1.23. The van der Waals surface area contributed by atoms with E-state index in [0.717, 1.165) is 63.5 Å². The number of morpholine rings is 1. The van der Waals surface area contributed by atoms with Crippen molar-refractivity contribution in [2.24, 2.45) is 0 Å². The molecule has 0 atom stereocenters. The van der Waals surface area contributed by atoms with Gasteiger partial charge in [0.1, 0.15) is 0 Å². The predicted molar refractivity (Wildman–Crippen MR) is 128 cm³/mol. The van der Waals surface area contributed by atoms with E-state index < -0.39 is 11.7 Å². The maximum absolute atomic E-state index is 12.9. The molecule has 188 valence electrons. The quantitative estimate of drug-likeness (QED) is 0.492. The number of hydrogen-bond acceptors (Lipinski definition) is 7. The third-order valence-corrected chi connectivity index (χ3v) is 6.68. The zero-order valence-corrected chi connectivity index (χ0v) is 19.5. The first-order valence-electron chi connectivity index (χ1n) is 12.2. The van der Waals surface area contributed by atoms with Crippen LogP contribution in [0.5, 0.6) is 0 Å². The van der Waals surface area contributed by atoms with Gasteiger partial charge in [0.2, 0.25) is 5.95 Å². The van der Waals surface area contributed by atoms with Gasteiger partial charge in [-0.25, -0.2) is 4.98 Å². The van der Waals surface area contributed by atoms with Crippen molar-refractivity contribution < 1.29 is 17.9 Å². The van der Waals surface area contributed by atoms with Gasteiger partial charge in [-0.2, -0.15) is 23.1 Å². The molecular formula is C24H30F3N7O. The number of nitrogens with zero attached hydrogens (tertiary/aromatic N) is 5. The van der Waals surface area contributed by atoms with Crippen molar-refractivity contribution in [3.8, 4) is 0 Å². The van der Waals surface area contributed by atoms with E-state index in [1.807, 2.05) is 6.33 Å². The Bertz CT molecular complexity index is 1120. The van der Waals surface area contributed by atoms with E-state index in [1.165, 1.54) is 31.4 Å². The van der Waals surface area contributed by atoms with Gasteiger partial charge in [0.15, 0.2) is 17.0 Å². The minimum atomic E-state index is -4.38. The number of anilines is 3.